The van der Waals surface area contributed by atoms with Crippen molar-refractivity contribution < 1.29 is 9.53 Å². The van der Waals surface area contributed by atoms with Gasteiger partial charge in [-0.05, 0) is 60.7 Å². The predicted molar refractivity (Wildman–Crippen MR) is 95.7 cm³/mol. The van der Waals surface area contributed by atoms with Crippen molar-refractivity contribution in [1.29, 1.82) is 0 Å². The fourth-order valence-electron chi connectivity index (χ4n) is 2.31. The van der Waals surface area contributed by atoms with Gasteiger partial charge >= 0.3 is 0 Å². The molecule has 0 fully saturated rings. The molecule has 5 heteroatoms. The molecule has 1 N–H and O–H groups in total. The van der Waals surface area contributed by atoms with Gasteiger partial charge in [-0.1, -0.05) is 13.8 Å². The third kappa shape index (κ3) is 4.41. The number of ether oxygens (including phenoxy) is 1. The highest BCUT2D eigenvalue weighted by Crippen LogP contribution is 2.29. The molecule has 2 rings (SSSR count). The maximum atomic E-state index is 11.9. The summed E-state index contributed by atoms with van der Waals surface area (Å²) in [6.45, 7) is 8.85. The van der Waals surface area contributed by atoms with E-state index >= 15 is 0 Å². The Bertz CT molecular complexity index is 725. The lowest BCUT2D eigenvalue weighted by atomic mass is 9.97. The van der Waals surface area contributed by atoms with Crippen LogP contribution in [0.4, 0.5) is 0 Å². The molecule has 0 atom stereocenters. The first-order valence-corrected chi connectivity index (χ1v) is 8.03. The largest absolute Gasteiger partial charge is 0.494 e. The molecule has 1 amide bonds. The number of rotatable bonds is 6. The number of amides is 1. The average molecular weight is 325 g/mol. The SMILES string of the molecule is CCOc1cc(C)c(/C=N\NC(=O)c2cccnc2)cc1C(C)C. The molecule has 0 radical (unpaired) electrons. The van der Waals surface area contributed by atoms with Crippen molar-refractivity contribution in [2.24, 2.45) is 5.10 Å². The van der Waals surface area contributed by atoms with Crippen molar-refractivity contribution in [3.05, 3.63) is 58.9 Å². The summed E-state index contributed by atoms with van der Waals surface area (Å²) in [5, 5.41) is 4.06. The molecule has 0 aliphatic rings. The molecule has 5 nitrogen and oxygen atoms in total. The van der Waals surface area contributed by atoms with Crippen LogP contribution in [0.3, 0.4) is 0 Å². The number of aryl methyl sites for hydroxylation is 1. The minimum absolute atomic E-state index is 0.285. The zero-order valence-electron chi connectivity index (χ0n) is 14.5. The number of aromatic nitrogens is 1. The van der Waals surface area contributed by atoms with Gasteiger partial charge < -0.3 is 4.74 Å². The fourth-order valence-corrected chi connectivity index (χ4v) is 2.31. The van der Waals surface area contributed by atoms with E-state index in [2.05, 4.69) is 35.4 Å². The molecule has 0 aliphatic carbocycles. The standard InChI is InChI=1S/C19H23N3O2/c1-5-24-18-9-14(4)16(10-17(18)13(2)3)12-21-22-19(23)15-7-6-8-20-11-15/h6-13H,5H2,1-4H3,(H,22,23)/b21-12-. The van der Waals surface area contributed by atoms with E-state index in [0.29, 0.717) is 18.1 Å². The first kappa shape index (κ1) is 17.7. The molecule has 126 valence electrons. The highest BCUT2D eigenvalue weighted by molar-refractivity contribution is 5.94. The van der Waals surface area contributed by atoms with Crippen molar-refractivity contribution in [3.63, 3.8) is 0 Å². The van der Waals surface area contributed by atoms with Crippen molar-refractivity contribution in [2.45, 2.75) is 33.6 Å². The van der Waals surface area contributed by atoms with Gasteiger partial charge in [0.15, 0.2) is 0 Å². The lowest BCUT2D eigenvalue weighted by Crippen LogP contribution is -2.17. The summed E-state index contributed by atoms with van der Waals surface area (Å²) in [5.74, 6) is 0.956. The van der Waals surface area contributed by atoms with Crippen LogP contribution in [-0.4, -0.2) is 23.7 Å². The number of hydrazone groups is 1. The average Bonchev–Trinajstić information content (AvgIpc) is 2.57. The van der Waals surface area contributed by atoms with E-state index in [4.69, 9.17) is 4.74 Å². The van der Waals surface area contributed by atoms with Crippen LogP contribution in [0.2, 0.25) is 0 Å². The Hall–Kier alpha value is -2.69. The minimum atomic E-state index is -0.285. The second kappa shape index (κ2) is 8.24. The molecule has 2 aromatic rings. The predicted octanol–water partition coefficient (Wildman–Crippen LogP) is 3.68. The number of hydrogen-bond donors (Lipinski definition) is 1. The van der Waals surface area contributed by atoms with Crippen molar-refractivity contribution in [1.82, 2.24) is 10.4 Å². The second-order valence-corrected chi connectivity index (χ2v) is 5.78. The van der Waals surface area contributed by atoms with Crippen LogP contribution < -0.4 is 10.2 Å². The normalized spacial score (nSPS) is 11.0. The number of nitrogens with one attached hydrogen (secondary N) is 1. The smallest absolute Gasteiger partial charge is 0.272 e. The van der Waals surface area contributed by atoms with E-state index < -0.39 is 0 Å². The number of nitrogens with zero attached hydrogens (tertiary/aromatic N) is 2. The summed E-state index contributed by atoms with van der Waals surface area (Å²) in [7, 11) is 0. The number of benzene rings is 1. The fraction of sp³-hybridized carbons (Fsp3) is 0.316. The summed E-state index contributed by atoms with van der Waals surface area (Å²) in [6.07, 6.45) is 4.78. The Kier molecular flexibility index (Phi) is 6.07. The van der Waals surface area contributed by atoms with Crippen molar-refractivity contribution in [3.8, 4) is 5.75 Å². The Morgan fingerprint density at radius 2 is 2.21 bits per heavy atom. The Morgan fingerprint density at radius 3 is 2.83 bits per heavy atom. The third-order valence-electron chi connectivity index (χ3n) is 3.61. The van der Waals surface area contributed by atoms with E-state index in [1.807, 2.05) is 19.9 Å². The van der Waals surface area contributed by atoms with E-state index in [-0.39, 0.29) is 5.91 Å². The third-order valence-corrected chi connectivity index (χ3v) is 3.61. The molecule has 0 saturated carbocycles. The summed E-state index contributed by atoms with van der Waals surface area (Å²) in [6, 6.07) is 7.48. The monoisotopic (exact) mass is 325 g/mol. The highest BCUT2D eigenvalue weighted by atomic mass is 16.5. The number of carbonyl (C=O) groups excluding carboxylic acids is 1. The molecule has 0 saturated heterocycles. The molecule has 0 bridgehead atoms. The quantitative estimate of drug-likeness (QED) is 0.651. The summed E-state index contributed by atoms with van der Waals surface area (Å²) >= 11 is 0. The molecule has 1 aromatic heterocycles. The van der Waals surface area contributed by atoms with Gasteiger partial charge in [0, 0.05) is 12.4 Å². The van der Waals surface area contributed by atoms with Gasteiger partial charge in [-0.2, -0.15) is 5.10 Å². The maximum absolute atomic E-state index is 11.9. The second-order valence-electron chi connectivity index (χ2n) is 5.78. The number of carbonyl (C=O) groups is 1. The van der Waals surface area contributed by atoms with Gasteiger partial charge in [-0.15, -0.1) is 0 Å². The van der Waals surface area contributed by atoms with Crippen LogP contribution in [0.5, 0.6) is 5.75 Å². The summed E-state index contributed by atoms with van der Waals surface area (Å²) < 4.78 is 5.71. The van der Waals surface area contributed by atoms with Gasteiger partial charge in [0.05, 0.1) is 18.4 Å². The molecule has 0 aliphatic heterocycles. The van der Waals surface area contributed by atoms with Crippen LogP contribution in [0.1, 0.15) is 53.7 Å². The minimum Gasteiger partial charge on any atom is -0.494 e. The van der Waals surface area contributed by atoms with Gasteiger partial charge in [-0.25, -0.2) is 5.43 Å². The number of hydrogen-bond acceptors (Lipinski definition) is 4. The lowest BCUT2D eigenvalue weighted by Gasteiger charge is -2.15. The van der Waals surface area contributed by atoms with Crippen LogP contribution >= 0.6 is 0 Å². The first-order chi connectivity index (χ1) is 11.5. The Labute approximate surface area is 142 Å². The molecule has 1 heterocycles. The van der Waals surface area contributed by atoms with E-state index in [1.165, 1.54) is 6.20 Å². The van der Waals surface area contributed by atoms with E-state index in [9.17, 15) is 4.79 Å². The number of pyridine rings is 1. The lowest BCUT2D eigenvalue weighted by molar-refractivity contribution is 0.0955. The molecular formula is C19H23N3O2. The molecule has 0 unspecified atom stereocenters. The van der Waals surface area contributed by atoms with Gasteiger partial charge in [0.25, 0.3) is 5.91 Å². The van der Waals surface area contributed by atoms with Crippen LogP contribution in [0.15, 0.2) is 41.8 Å². The highest BCUT2D eigenvalue weighted by Gasteiger charge is 2.11. The maximum Gasteiger partial charge on any atom is 0.272 e. The Morgan fingerprint density at radius 1 is 1.42 bits per heavy atom. The van der Waals surface area contributed by atoms with Gasteiger partial charge in [-0.3, -0.25) is 9.78 Å². The molecule has 0 spiro atoms. The van der Waals surface area contributed by atoms with Crippen molar-refractivity contribution in [2.75, 3.05) is 6.61 Å². The van der Waals surface area contributed by atoms with Crippen LogP contribution in [0, 0.1) is 6.92 Å². The molecule has 24 heavy (non-hydrogen) atoms. The Balaban J connectivity index is 2.17. The van der Waals surface area contributed by atoms with Crippen molar-refractivity contribution >= 4 is 12.1 Å². The van der Waals surface area contributed by atoms with Gasteiger partial charge in [0.2, 0.25) is 0 Å². The zero-order chi connectivity index (χ0) is 17.5. The zero-order valence-corrected chi connectivity index (χ0v) is 14.5. The summed E-state index contributed by atoms with van der Waals surface area (Å²) in [5.41, 5.74) is 6.12. The molecular weight excluding hydrogens is 302 g/mol. The molecule has 1 aromatic carbocycles. The topological polar surface area (TPSA) is 63.6 Å². The van der Waals surface area contributed by atoms with E-state index in [0.717, 1.165) is 22.4 Å². The van der Waals surface area contributed by atoms with Crippen LogP contribution in [-0.2, 0) is 0 Å². The first-order valence-electron chi connectivity index (χ1n) is 8.03. The van der Waals surface area contributed by atoms with Crippen LogP contribution in [0.25, 0.3) is 0 Å². The van der Waals surface area contributed by atoms with Gasteiger partial charge in [0.1, 0.15) is 5.75 Å². The van der Waals surface area contributed by atoms with E-state index in [1.54, 1.807) is 24.5 Å². The summed E-state index contributed by atoms with van der Waals surface area (Å²) in [4.78, 5) is 15.9.